The molecule has 0 saturated heterocycles. The van der Waals surface area contributed by atoms with Crippen molar-refractivity contribution < 1.29 is 29.0 Å². The number of cyclic esters (lactones) is 1. The van der Waals surface area contributed by atoms with Crippen LogP contribution in [-0.2, 0) is 36.8 Å². The van der Waals surface area contributed by atoms with Gasteiger partial charge in [-0.2, -0.15) is 0 Å². The molecule has 4 aromatic carbocycles. The minimum atomic E-state index is -1.21. The maximum absolute atomic E-state index is 13.7. The van der Waals surface area contributed by atoms with Crippen molar-refractivity contribution in [3.63, 3.8) is 0 Å². The number of rotatable bonds is 10. The summed E-state index contributed by atoms with van der Waals surface area (Å²) in [5.41, 5.74) is 2.49. The number of aliphatic hydroxyl groups excluding tert-OH is 1. The van der Waals surface area contributed by atoms with Gasteiger partial charge in [0.25, 0.3) is 5.91 Å². The van der Waals surface area contributed by atoms with E-state index < -0.39 is 41.7 Å². The van der Waals surface area contributed by atoms with E-state index >= 15 is 0 Å². The van der Waals surface area contributed by atoms with Gasteiger partial charge in [-0.1, -0.05) is 103 Å². The maximum Gasteiger partial charge on any atom is 0.309 e. The number of benzene rings is 4. The molecule has 4 atom stereocenters. The summed E-state index contributed by atoms with van der Waals surface area (Å²) < 4.78 is 5.72. The van der Waals surface area contributed by atoms with Gasteiger partial charge < -0.3 is 25.8 Å². The normalized spacial score (nSPS) is 19.3. The maximum atomic E-state index is 13.7. The Morgan fingerprint density at radius 3 is 2.27 bits per heavy atom. The molecule has 0 aromatic heterocycles. The fourth-order valence-corrected chi connectivity index (χ4v) is 5.98. The predicted molar refractivity (Wildman–Crippen MR) is 189 cm³/mol. The highest BCUT2D eigenvalue weighted by atomic mass is 16.5. The lowest BCUT2D eigenvalue weighted by atomic mass is 9.94. The second kappa shape index (κ2) is 17.8. The van der Waals surface area contributed by atoms with Crippen LogP contribution >= 0.6 is 0 Å². The lowest BCUT2D eigenvalue weighted by molar-refractivity contribution is -0.150. The molecule has 49 heavy (non-hydrogen) atoms. The first-order chi connectivity index (χ1) is 23.9. The van der Waals surface area contributed by atoms with Crippen LogP contribution in [0.25, 0.3) is 10.8 Å². The van der Waals surface area contributed by atoms with Crippen LogP contribution < -0.4 is 16.0 Å². The third-order valence-electron chi connectivity index (χ3n) is 8.68. The molecule has 0 fully saturated rings. The lowest BCUT2D eigenvalue weighted by Crippen LogP contribution is -2.50. The molecule has 1 aliphatic heterocycles. The molecule has 3 amide bonds. The van der Waals surface area contributed by atoms with Gasteiger partial charge in [-0.25, -0.2) is 0 Å². The predicted octanol–water partition coefficient (Wildman–Crippen LogP) is 5.13. The van der Waals surface area contributed by atoms with Crippen LogP contribution in [0.5, 0.6) is 0 Å². The fourth-order valence-electron chi connectivity index (χ4n) is 5.98. The third kappa shape index (κ3) is 10.6. The first kappa shape index (κ1) is 35.0. The highest BCUT2D eigenvalue weighted by Crippen LogP contribution is 2.21. The van der Waals surface area contributed by atoms with Gasteiger partial charge in [0.1, 0.15) is 12.6 Å². The molecular formula is C40H43N3O6. The number of fused-ring (bicyclic) bond motifs is 1. The van der Waals surface area contributed by atoms with E-state index in [2.05, 4.69) is 16.0 Å². The zero-order chi connectivity index (χ0) is 34.4. The quantitative estimate of drug-likeness (QED) is 0.138. The number of nitrogens with one attached hydrogen (secondary N) is 3. The Morgan fingerprint density at radius 2 is 1.53 bits per heavy atom. The molecule has 0 radical (unpaired) electrons. The average Bonchev–Trinajstić information content (AvgIpc) is 3.13. The second-order valence-corrected chi connectivity index (χ2v) is 12.5. The van der Waals surface area contributed by atoms with E-state index in [1.165, 1.54) is 0 Å². The molecule has 5 rings (SSSR count). The van der Waals surface area contributed by atoms with E-state index in [0.29, 0.717) is 31.4 Å². The Morgan fingerprint density at radius 1 is 0.837 bits per heavy atom. The first-order valence-corrected chi connectivity index (χ1v) is 16.8. The van der Waals surface area contributed by atoms with E-state index in [1.54, 1.807) is 6.07 Å². The van der Waals surface area contributed by atoms with Crippen molar-refractivity contribution in [1.29, 1.82) is 0 Å². The summed E-state index contributed by atoms with van der Waals surface area (Å²) in [6.07, 6.45) is 5.86. The van der Waals surface area contributed by atoms with Gasteiger partial charge in [-0.05, 0) is 66.1 Å². The molecule has 0 aliphatic carbocycles. The Kier molecular flexibility index (Phi) is 12.7. The molecule has 0 saturated carbocycles. The molecule has 0 unspecified atom stereocenters. The van der Waals surface area contributed by atoms with Gasteiger partial charge in [-0.15, -0.1) is 0 Å². The van der Waals surface area contributed by atoms with Crippen LogP contribution in [0, 0.1) is 11.8 Å². The van der Waals surface area contributed by atoms with Crippen molar-refractivity contribution in [3.8, 4) is 0 Å². The Hall–Kier alpha value is -5.28. The van der Waals surface area contributed by atoms with Crippen LogP contribution in [-0.4, -0.2) is 54.1 Å². The minimum Gasteiger partial charge on any atom is -0.463 e. The number of carbonyl (C=O) groups excluding carboxylic acids is 4. The number of ether oxygens (including phenoxy) is 1. The van der Waals surface area contributed by atoms with Crippen LogP contribution in [0.1, 0.15) is 36.8 Å². The summed E-state index contributed by atoms with van der Waals surface area (Å²) in [5, 5.41) is 20.4. The molecule has 0 spiro atoms. The summed E-state index contributed by atoms with van der Waals surface area (Å²) in [6.45, 7) is -0.630. The van der Waals surface area contributed by atoms with E-state index in [1.807, 2.05) is 109 Å². The van der Waals surface area contributed by atoms with E-state index in [0.717, 1.165) is 21.9 Å². The van der Waals surface area contributed by atoms with Gasteiger partial charge >= 0.3 is 5.97 Å². The Bertz CT molecular complexity index is 1740. The SMILES string of the molecule is O=C(C[C@H]1CC=CCC[C@H](Cc2ccccc2)C(=O)OC[C@@H](C(=O)Nc2ccc3ccccc3c2)NC1=O)N[C@H](CO)Cc1ccccc1. The number of aliphatic hydroxyl groups is 1. The molecule has 4 aromatic rings. The number of hydrogen-bond donors (Lipinski definition) is 4. The average molecular weight is 662 g/mol. The van der Waals surface area contributed by atoms with Gasteiger partial charge in [0, 0.05) is 12.1 Å². The molecule has 1 aliphatic rings. The van der Waals surface area contributed by atoms with E-state index in [-0.39, 0.29) is 32.0 Å². The highest BCUT2D eigenvalue weighted by Gasteiger charge is 2.30. The van der Waals surface area contributed by atoms with Gasteiger partial charge in [0.05, 0.1) is 24.5 Å². The zero-order valence-corrected chi connectivity index (χ0v) is 27.4. The number of hydrogen-bond acceptors (Lipinski definition) is 6. The van der Waals surface area contributed by atoms with Crippen LogP contribution in [0.4, 0.5) is 5.69 Å². The molecule has 254 valence electrons. The number of amides is 3. The summed E-state index contributed by atoms with van der Waals surface area (Å²) in [6, 6.07) is 30.7. The summed E-state index contributed by atoms with van der Waals surface area (Å²) >= 11 is 0. The molecule has 9 heteroatoms. The van der Waals surface area contributed by atoms with Crippen molar-refractivity contribution in [2.24, 2.45) is 11.8 Å². The molecule has 1 heterocycles. The Labute approximate surface area is 286 Å². The van der Waals surface area contributed by atoms with Gasteiger partial charge in [-0.3, -0.25) is 19.2 Å². The van der Waals surface area contributed by atoms with Crippen molar-refractivity contribution in [1.82, 2.24) is 10.6 Å². The summed E-state index contributed by atoms with van der Waals surface area (Å²) in [5.74, 6) is -3.15. The molecule has 4 N–H and O–H groups in total. The Balaban J connectivity index is 1.33. The second-order valence-electron chi connectivity index (χ2n) is 12.5. The molecule has 9 nitrogen and oxygen atoms in total. The summed E-state index contributed by atoms with van der Waals surface area (Å²) in [4.78, 5) is 54.0. The number of allylic oxidation sites excluding steroid dienone is 2. The van der Waals surface area contributed by atoms with Crippen LogP contribution in [0.2, 0.25) is 0 Å². The molecular weight excluding hydrogens is 618 g/mol. The van der Waals surface area contributed by atoms with Gasteiger partial charge in [0.2, 0.25) is 11.8 Å². The van der Waals surface area contributed by atoms with Crippen LogP contribution in [0.15, 0.2) is 115 Å². The monoisotopic (exact) mass is 661 g/mol. The third-order valence-corrected chi connectivity index (χ3v) is 8.68. The standard InChI is InChI=1S/C40H43N3O6/c44-26-35(23-29-14-6-2-7-15-29)41-37(45)25-32-18-8-3-9-19-33(22-28-12-4-1-5-13-28)40(48)49-27-36(43-38(32)46)39(47)42-34-21-20-30-16-10-11-17-31(30)24-34/h1-8,10-17,20-21,24,32-33,35-36,44H,9,18-19,22-23,25-27H2,(H,41,45)(H,42,47)(H,43,46)/t32-,33-,35+,36+/m1/s1. The highest BCUT2D eigenvalue weighted by molar-refractivity contribution is 5.99. The van der Waals surface area contributed by atoms with Gasteiger partial charge in [0.15, 0.2) is 0 Å². The fraction of sp³-hybridized carbons (Fsp3) is 0.300. The van der Waals surface area contributed by atoms with Crippen molar-refractivity contribution in [2.75, 3.05) is 18.5 Å². The topological polar surface area (TPSA) is 134 Å². The van der Waals surface area contributed by atoms with Crippen molar-refractivity contribution in [3.05, 3.63) is 126 Å². The van der Waals surface area contributed by atoms with Crippen molar-refractivity contribution in [2.45, 2.75) is 50.6 Å². The van der Waals surface area contributed by atoms with Crippen molar-refractivity contribution >= 4 is 40.2 Å². The first-order valence-electron chi connectivity index (χ1n) is 16.8. The number of carbonyl (C=O) groups is 4. The summed E-state index contributed by atoms with van der Waals surface area (Å²) in [7, 11) is 0. The smallest absolute Gasteiger partial charge is 0.309 e. The minimum absolute atomic E-state index is 0.156. The van der Waals surface area contributed by atoms with Crippen LogP contribution in [0.3, 0.4) is 0 Å². The number of anilines is 1. The van der Waals surface area contributed by atoms with E-state index in [9.17, 15) is 24.3 Å². The zero-order valence-electron chi connectivity index (χ0n) is 27.4. The lowest BCUT2D eigenvalue weighted by Gasteiger charge is -2.23. The largest absolute Gasteiger partial charge is 0.463 e. The number of esters is 1. The van der Waals surface area contributed by atoms with E-state index in [4.69, 9.17) is 4.74 Å². The molecule has 0 bridgehead atoms.